The van der Waals surface area contributed by atoms with Crippen LogP contribution in [0.3, 0.4) is 0 Å². The lowest BCUT2D eigenvalue weighted by Gasteiger charge is -2.10. The second-order valence-electron chi connectivity index (χ2n) is 3.88. The number of nitrogens with one attached hydrogen (secondary N) is 1. The van der Waals surface area contributed by atoms with Crippen molar-refractivity contribution in [3.05, 3.63) is 53.2 Å². The van der Waals surface area contributed by atoms with Crippen LogP contribution in [0, 0.1) is 0 Å². The summed E-state index contributed by atoms with van der Waals surface area (Å²) in [6.45, 7) is 2.18. The van der Waals surface area contributed by atoms with Crippen LogP contribution in [0.4, 0.5) is 11.5 Å². The molecule has 1 heterocycles. The first-order valence-electron chi connectivity index (χ1n) is 5.77. The second-order valence-corrected chi connectivity index (χ2v) is 4.26. The smallest absolute Gasteiger partial charge is 0.132 e. The maximum atomic E-state index is 5.86. The van der Waals surface area contributed by atoms with Crippen molar-refractivity contribution in [3.8, 4) is 0 Å². The van der Waals surface area contributed by atoms with E-state index in [-0.39, 0.29) is 0 Å². The van der Waals surface area contributed by atoms with E-state index in [4.69, 9.17) is 11.6 Å². The van der Waals surface area contributed by atoms with Crippen molar-refractivity contribution in [2.45, 2.75) is 19.8 Å². The topological polar surface area (TPSA) is 24.9 Å². The van der Waals surface area contributed by atoms with Gasteiger partial charge >= 0.3 is 0 Å². The minimum absolute atomic E-state index is 0.503. The molecule has 0 radical (unpaired) electrons. The zero-order chi connectivity index (χ0) is 12.1. The number of para-hydroxylation sites is 1. The largest absolute Gasteiger partial charge is 0.340 e. The SMILES string of the molecule is CCCc1ccccc1Nc1cccc(Cl)n1. The summed E-state index contributed by atoms with van der Waals surface area (Å²) >= 11 is 5.86. The average molecular weight is 247 g/mol. The first-order valence-corrected chi connectivity index (χ1v) is 6.15. The molecular formula is C14H15ClN2. The van der Waals surface area contributed by atoms with E-state index >= 15 is 0 Å². The Bertz CT molecular complexity index is 497. The Morgan fingerprint density at radius 2 is 1.94 bits per heavy atom. The molecule has 0 fully saturated rings. The van der Waals surface area contributed by atoms with Crippen LogP contribution in [0.5, 0.6) is 0 Å². The number of hydrogen-bond acceptors (Lipinski definition) is 2. The maximum Gasteiger partial charge on any atom is 0.132 e. The Morgan fingerprint density at radius 1 is 1.12 bits per heavy atom. The number of pyridine rings is 1. The minimum atomic E-state index is 0.503. The molecule has 0 aliphatic carbocycles. The number of rotatable bonds is 4. The van der Waals surface area contributed by atoms with Gasteiger partial charge in [-0.25, -0.2) is 4.98 Å². The summed E-state index contributed by atoms with van der Waals surface area (Å²) in [4.78, 5) is 4.22. The van der Waals surface area contributed by atoms with E-state index in [0.717, 1.165) is 24.3 Å². The third-order valence-electron chi connectivity index (χ3n) is 2.51. The molecule has 0 spiro atoms. The van der Waals surface area contributed by atoms with Crippen LogP contribution < -0.4 is 5.32 Å². The zero-order valence-electron chi connectivity index (χ0n) is 9.78. The second kappa shape index (κ2) is 5.69. The normalized spacial score (nSPS) is 10.2. The van der Waals surface area contributed by atoms with Gasteiger partial charge in [-0.05, 0) is 30.2 Å². The van der Waals surface area contributed by atoms with Gasteiger partial charge in [-0.3, -0.25) is 0 Å². The number of aromatic nitrogens is 1. The van der Waals surface area contributed by atoms with Crippen molar-refractivity contribution in [1.82, 2.24) is 4.98 Å². The van der Waals surface area contributed by atoms with Crippen molar-refractivity contribution in [2.24, 2.45) is 0 Å². The Balaban J connectivity index is 2.23. The van der Waals surface area contributed by atoms with E-state index in [1.807, 2.05) is 18.2 Å². The first kappa shape index (κ1) is 11.9. The molecule has 0 unspecified atom stereocenters. The van der Waals surface area contributed by atoms with E-state index in [1.54, 1.807) is 6.07 Å². The predicted molar refractivity (Wildman–Crippen MR) is 73.0 cm³/mol. The molecule has 2 aromatic rings. The van der Waals surface area contributed by atoms with Crippen molar-refractivity contribution in [1.29, 1.82) is 0 Å². The quantitative estimate of drug-likeness (QED) is 0.808. The van der Waals surface area contributed by atoms with Gasteiger partial charge in [0.2, 0.25) is 0 Å². The molecule has 88 valence electrons. The molecule has 0 saturated carbocycles. The lowest BCUT2D eigenvalue weighted by molar-refractivity contribution is 0.923. The number of anilines is 2. The number of aryl methyl sites for hydroxylation is 1. The summed E-state index contributed by atoms with van der Waals surface area (Å²) in [5.41, 5.74) is 2.40. The number of hydrogen-bond donors (Lipinski definition) is 1. The minimum Gasteiger partial charge on any atom is -0.340 e. The van der Waals surface area contributed by atoms with Crippen LogP contribution in [-0.4, -0.2) is 4.98 Å². The van der Waals surface area contributed by atoms with Crippen LogP contribution in [0.1, 0.15) is 18.9 Å². The van der Waals surface area contributed by atoms with Crippen LogP contribution in [0.15, 0.2) is 42.5 Å². The van der Waals surface area contributed by atoms with Gasteiger partial charge in [-0.1, -0.05) is 49.2 Å². The first-order chi connectivity index (χ1) is 8.29. The molecule has 1 N–H and O–H groups in total. The summed E-state index contributed by atoms with van der Waals surface area (Å²) in [6.07, 6.45) is 2.19. The van der Waals surface area contributed by atoms with Crippen molar-refractivity contribution < 1.29 is 0 Å². The van der Waals surface area contributed by atoms with Gasteiger partial charge in [0.25, 0.3) is 0 Å². The Hall–Kier alpha value is -1.54. The number of halogens is 1. The van der Waals surface area contributed by atoms with E-state index in [2.05, 4.69) is 35.4 Å². The van der Waals surface area contributed by atoms with Gasteiger partial charge < -0.3 is 5.32 Å². The van der Waals surface area contributed by atoms with E-state index in [9.17, 15) is 0 Å². The summed E-state index contributed by atoms with van der Waals surface area (Å²) < 4.78 is 0. The molecule has 0 bridgehead atoms. The van der Waals surface area contributed by atoms with Gasteiger partial charge in [0.05, 0.1) is 0 Å². The Labute approximate surface area is 107 Å². The highest BCUT2D eigenvalue weighted by Gasteiger charge is 2.02. The lowest BCUT2D eigenvalue weighted by atomic mass is 10.1. The molecule has 2 nitrogen and oxygen atoms in total. The van der Waals surface area contributed by atoms with Crippen molar-refractivity contribution in [2.75, 3.05) is 5.32 Å². The zero-order valence-corrected chi connectivity index (χ0v) is 10.5. The summed E-state index contributed by atoms with van der Waals surface area (Å²) in [5, 5.41) is 3.81. The van der Waals surface area contributed by atoms with Gasteiger partial charge in [-0.15, -0.1) is 0 Å². The molecule has 2 rings (SSSR count). The third kappa shape index (κ3) is 3.21. The number of nitrogens with zero attached hydrogens (tertiary/aromatic N) is 1. The fraction of sp³-hybridized carbons (Fsp3) is 0.214. The molecule has 1 aromatic heterocycles. The van der Waals surface area contributed by atoms with E-state index in [1.165, 1.54) is 5.56 Å². The van der Waals surface area contributed by atoms with Gasteiger partial charge in [0.15, 0.2) is 0 Å². The maximum absolute atomic E-state index is 5.86. The van der Waals surface area contributed by atoms with Gasteiger partial charge in [0, 0.05) is 5.69 Å². The molecule has 0 aliphatic rings. The van der Waals surface area contributed by atoms with Crippen molar-refractivity contribution in [3.63, 3.8) is 0 Å². The predicted octanol–water partition coefficient (Wildman–Crippen LogP) is 4.43. The Morgan fingerprint density at radius 3 is 2.71 bits per heavy atom. The molecule has 0 saturated heterocycles. The average Bonchev–Trinajstić information content (AvgIpc) is 2.32. The summed E-state index contributed by atoms with van der Waals surface area (Å²) in [6, 6.07) is 13.8. The molecule has 3 heteroatoms. The van der Waals surface area contributed by atoms with Gasteiger partial charge in [-0.2, -0.15) is 0 Å². The molecule has 17 heavy (non-hydrogen) atoms. The van der Waals surface area contributed by atoms with E-state index in [0.29, 0.717) is 5.15 Å². The molecule has 0 aliphatic heterocycles. The standard InChI is InChI=1S/C14H15ClN2/c1-2-6-11-7-3-4-8-12(11)16-14-10-5-9-13(15)17-14/h3-5,7-10H,2,6H2,1H3,(H,16,17). The molecule has 0 amide bonds. The highest BCUT2D eigenvalue weighted by molar-refractivity contribution is 6.29. The molecular weight excluding hydrogens is 232 g/mol. The highest BCUT2D eigenvalue weighted by atomic mass is 35.5. The van der Waals surface area contributed by atoms with Crippen LogP contribution in [0.25, 0.3) is 0 Å². The van der Waals surface area contributed by atoms with Crippen LogP contribution >= 0.6 is 11.6 Å². The molecule has 1 aromatic carbocycles. The van der Waals surface area contributed by atoms with Crippen molar-refractivity contribution >= 4 is 23.1 Å². The number of benzene rings is 1. The monoisotopic (exact) mass is 246 g/mol. The Kier molecular flexibility index (Phi) is 3.99. The molecule has 0 atom stereocenters. The summed E-state index contributed by atoms with van der Waals surface area (Å²) in [7, 11) is 0. The summed E-state index contributed by atoms with van der Waals surface area (Å²) in [5.74, 6) is 0.779. The van der Waals surface area contributed by atoms with Crippen LogP contribution in [-0.2, 0) is 6.42 Å². The highest BCUT2D eigenvalue weighted by Crippen LogP contribution is 2.21. The van der Waals surface area contributed by atoms with Crippen LogP contribution in [0.2, 0.25) is 5.15 Å². The fourth-order valence-electron chi connectivity index (χ4n) is 1.75. The lowest BCUT2D eigenvalue weighted by Crippen LogP contribution is -1.97. The van der Waals surface area contributed by atoms with Gasteiger partial charge in [0.1, 0.15) is 11.0 Å². The fourth-order valence-corrected chi connectivity index (χ4v) is 1.91. The van der Waals surface area contributed by atoms with E-state index < -0.39 is 0 Å². The third-order valence-corrected chi connectivity index (χ3v) is 2.73.